The first-order chi connectivity index (χ1) is 12.7. The molecule has 7 nitrogen and oxygen atoms in total. The van der Waals surface area contributed by atoms with Crippen LogP contribution in [0.3, 0.4) is 0 Å². The Morgan fingerprint density at radius 2 is 2.12 bits per heavy atom. The molecule has 0 radical (unpaired) electrons. The number of carbonyl (C=O) groups is 1. The zero-order valence-electron chi connectivity index (χ0n) is 14.2. The average Bonchev–Trinajstić information content (AvgIpc) is 3.34. The molecule has 0 amide bonds. The number of hydrogen-bond acceptors (Lipinski definition) is 4. The maximum atomic E-state index is 11.5. The summed E-state index contributed by atoms with van der Waals surface area (Å²) in [6, 6.07) is 9.98. The molecule has 1 aliphatic rings. The zero-order chi connectivity index (χ0) is 17.9. The number of benzene rings is 1. The van der Waals surface area contributed by atoms with Crippen molar-refractivity contribution >= 4 is 5.97 Å². The van der Waals surface area contributed by atoms with E-state index in [1.165, 1.54) is 0 Å². The van der Waals surface area contributed by atoms with Crippen LogP contribution in [-0.2, 0) is 16.1 Å². The van der Waals surface area contributed by atoms with Crippen LogP contribution in [0.15, 0.2) is 55.1 Å². The third-order valence-corrected chi connectivity index (χ3v) is 4.67. The highest BCUT2D eigenvalue weighted by molar-refractivity contribution is 5.71. The van der Waals surface area contributed by atoms with Crippen LogP contribution in [0.1, 0.15) is 30.1 Å². The first kappa shape index (κ1) is 16.5. The van der Waals surface area contributed by atoms with Gasteiger partial charge in [0.1, 0.15) is 0 Å². The first-order valence-electron chi connectivity index (χ1n) is 8.66. The summed E-state index contributed by atoms with van der Waals surface area (Å²) in [4.78, 5) is 11.5. The topological polar surface area (TPSA) is 82.2 Å². The Hall–Kier alpha value is -2.93. The van der Waals surface area contributed by atoms with E-state index in [0.717, 1.165) is 23.2 Å². The van der Waals surface area contributed by atoms with Crippen LogP contribution in [0.4, 0.5) is 0 Å². The second-order valence-corrected chi connectivity index (χ2v) is 6.47. The normalized spacial score (nSPS) is 20.2. The van der Waals surface area contributed by atoms with Gasteiger partial charge in [0.05, 0.1) is 30.5 Å². The molecule has 2 atom stereocenters. The number of ether oxygens (including phenoxy) is 1. The Morgan fingerprint density at radius 3 is 2.85 bits per heavy atom. The molecule has 2 aromatic heterocycles. The molecule has 26 heavy (non-hydrogen) atoms. The minimum absolute atomic E-state index is 0.419. The van der Waals surface area contributed by atoms with Gasteiger partial charge < -0.3 is 9.84 Å². The minimum Gasteiger partial charge on any atom is -0.481 e. The molecule has 0 spiro atoms. The van der Waals surface area contributed by atoms with Crippen LogP contribution in [0.25, 0.3) is 5.69 Å². The van der Waals surface area contributed by atoms with Crippen LogP contribution in [-0.4, -0.2) is 37.2 Å². The molecule has 1 aliphatic heterocycles. The Bertz CT molecular complexity index is 871. The van der Waals surface area contributed by atoms with E-state index < -0.39 is 18.0 Å². The molecule has 0 unspecified atom stereocenters. The largest absolute Gasteiger partial charge is 0.481 e. The van der Waals surface area contributed by atoms with Crippen molar-refractivity contribution in [2.24, 2.45) is 5.92 Å². The number of aromatic nitrogens is 4. The maximum Gasteiger partial charge on any atom is 0.309 e. The van der Waals surface area contributed by atoms with Crippen molar-refractivity contribution in [2.45, 2.75) is 25.5 Å². The lowest BCUT2D eigenvalue weighted by molar-refractivity contribution is -0.151. The molecule has 4 rings (SSSR count). The van der Waals surface area contributed by atoms with E-state index in [1.807, 2.05) is 52.1 Å². The van der Waals surface area contributed by atoms with E-state index in [1.54, 1.807) is 12.4 Å². The van der Waals surface area contributed by atoms with E-state index in [0.29, 0.717) is 19.6 Å². The van der Waals surface area contributed by atoms with Crippen molar-refractivity contribution in [3.63, 3.8) is 0 Å². The first-order valence-corrected chi connectivity index (χ1v) is 8.66. The summed E-state index contributed by atoms with van der Waals surface area (Å²) in [5, 5.41) is 18.0. The Balaban J connectivity index is 1.47. The smallest absolute Gasteiger partial charge is 0.309 e. The molecule has 1 fully saturated rings. The van der Waals surface area contributed by atoms with Crippen molar-refractivity contribution in [3.05, 3.63) is 66.2 Å². The van der Waals surface area contributed by atoms with Gasteiger partial charge in [0.2, 0.25) is 0 Å². The van der Waals surface area contributed by atoms with E-state index >= 15 is 0 Å². The highest BCUT2D eigenvalue weighted by atomic mass is 16.5. The van der Waals surface area contributed by atoms with Crippen LogP contribution < -0.4 is 0 Å². The monoisotopic (exact) mass is 352 g/mol. The lowest BCUT2D eigenvalue weighted by atomic mass is 9.91. The summed E-state index contributed by atoms with van der Waals surface area (Å²) in [5.41, 5.74) is 2.93. The highest BCUT2D eigenvalue weighted by Crippen LogP contribution is 2.33. The molecule has 0 aliphatic carbocycles. The molecule has 3 heterocycles. The molecular formula is C19H20N4O3. The number of carboxylic acids is 1. The average molecular weight is 352 g/mol. The third kappa shape index (κ3) is 3.39. The number of aliphatic carboxylic acids is 1. The predicted octanol–water partition coefficient (Wildman–Crippen LogP) is 2.67. The molecule has 1 aromatic carbocycles. The SMILES string of the molecule is O=C(O)[C@@H]1CCCO[C@H]1c1cnn(Cc2ccc(-n3cccn3)cc2)c1. The lowest BCUT2D eigenvalue weighted by Gasteiger charge is -2.28. The number of carboxylic acid groups (broad SMARTS) is 1. The zero-order valence-corrected chi connectivity index (χ0v) is 14.2. The summed E-state index contributed by atoms with van der Waals surface area (Å²) in [7, 11) is 0. The maximum absolute atomic E-state index is 11.5. The van der Waals surface area contributed by atoms with E-state index in [2.05, 4.69) is 10.2 Å². The molecule has 1 N–H and O–H groups in total. The fourth-order valence-corrected chi connectivity index (χ4v) is 3.34. The van der Waals surface area contributed by atoms with Gasteiger partial charge in [-0.05, 0) is 36.6 Å². The second kappa shape index (κ2) is 7.13. The van der Waals surface area contributed by atoms with Gasteiger partial charge in [-0.2, -0.15) is 10.2 Å². The third-order valence-electron chi connectivity index (χ3n) is 4.67. The van der Waals surface area contributed by atoms with Crippen LogP contribution in [0.2, 0.25) is 0 Å². The van der Waals surface area contributed by atoms with Crippen molar-refractivity contribution in [1.29, 1.82) is 0 Å². The summed E-state index contributed by atoms with van der Waals surface area (Å²) >= 11 is 0. The molecule has 134 valence electrons. The number of nitrogens with zero attached hydrogens (tertiary/aromatic N) is 4. The summed E-state index contributed by atoms with van der Waals surface area (Å²) in [6.45, 7) is 1.21. The molecular weight excluding hydrogens is 332 g/mol. The highest BCUT2D eigenvalue weighted by Gasteiger charge is 2.33. The number of rotatable bonds is 5. The summed E-state index contributed by atoms with van der Waals surface area (Å²) < 4.78 is 9.34. The Labute approximate surface area is 150 Å². The molecule has 0 bridgehead atoms. The van der Waals surface area contributed by atoms with Gasteiger partial charge in [-0.15, -0.1) is 0 Å². The van der Waals surface area contributed by atoms with Crippen molar-refractivity contribution in [3.8, 4) is 5.69 Å². The molecule has 7 heteroatoms. The Kier molecular flexibility index (Phi) is 4.53. The van der Waals surface area contributed by atoms with E-state index in [-0.39, 0.29) is 0 Å². The summed E-state index contributed by atoms with van der Waals surface area (Å²) in [6.07, 6.45) is 8.24. The van der Waals surface area contributed by atoms with Crippen LogP contribution in [0.5, 0.6) is 0 Å². The molecule has 0 saturated carbocycles. The Morgan fingerprint density at radius 1 is 1.27 bits per heavy atom. The molecule has 3 aromatic rings. The fraction of sp³-hybridized carbons (Fsp3) is 0.316. The van der Waals surface area contributed by atoms with E-state index in [4.69, 9.17) is 4.74 Å². The predicted molar refractivity (Wildman–Crippen MR) is 93.9 cm³/mol. The van der Waals surface area contributed by atoms with Crippen molar-refractivity contribution in [2.75, 3.05) is 6.61 Å². The summed E-state index contributed by atoms with van der Waals surface area (Å²) in [5.74, 6) is -1.31. The standard InChI is InChI=1S/C19H20N4O3/c24-19(25)17-3-1-10-26-18(17)15-11-21-22(13-15)12-14-4-6-16(7-5-14)23-9-2-8-20-23/h2,4-9,11,13,17-18H,1,3,10,12H2,(H,24,25)/t17-,18+/m1/s1. The van der Waals surface area contributed by atoms with Gasteiger partial charge in [-0.3, -0.25) is 9.48 Å². The van der Waals surface area contributed by atoms with Gasteiger partial charge >= 0.3 is 5.97 Å². The quantitative estimate of drug-likeness (QED) is 0.763. The number of hydrogen-bond donors (Lipinski definition) is 1. The van der Waals surface area contributed by atoms with Gasteiger partial charge in [0.15, 0.2) is 0 Å². The van der Waals surface area contributed by atoms with Gasteiger partial charge in [0, 0.05) is 30.8 Å². The second-order valence-electron chi connectivity index (χ2n) is 6.47. The van der Waals surface area contributed by atoms with Gasteiger partial charge in [-0.1, -0.05) is 12.1 Å². The van der Waals surface area contributed by atoms with Crippen LogP contribution >= 0.6 is 0 Å². The van der Waals surface area contributed by atoms with Gasteiger partial charge in [-0.25, -0.2) is 4.68 Å². The van der Waals surface area contributed by atoms with Crippen molar-refractivity contribution in [1.82, 2.24) is 19.6 Å². The fourth-order valence-electron chi connectivity index (χ4n) is 3.34. The molecule has 1 saturated heterocycles. The minimum atomic E-state index is -0.809. The lowest BCUT2D eigenvalue weighted by Crippen LogP contribution is -2.28. The van der Waals surface area contributed by atoms with Crippen LogP contribution in [0, 0.1) is 5.92 Å². The van der Waals surface area contributed by atoms with Gasteiger partial charge in [0.25, 0.3) is 0 Å². The van der Waals surface area contributed by atoms with E-state index in [9.17, 15) is 9.90 Å². The van der Waals surface area contributed by atoms with Crippen molar-refractivity contribution < 1.29 is 14.6 Å².